The highest BCUT2D eigenvalue weighted by molar-refractivity contribution is 5.38. The summed E-state index contributed by atoms with van der Waals surface area (Å²) in [5.74, 6) is 1.54. The average Bonchev–Trinajstić information content (AvgIpc) is 2.73. The maximum atomic E-state index is 10.5. The van der Waals surface area contributed by atoms with Gasteiger partial charge >= 0.3 is 0 Å². The molecule has 2 atom stereocenters. The zero-order chi connectivity index (χ0) is 20.4. The first-order valence-electron chi connectivity index (χ1n) is 9.81. The third-order valence-corrected chi connectivity index (χ3v) is 4.88. The Kier molecular flexibility index (Phi) is 9.28. The van der Waals surface area contributed by atoms with Crippen LogP contribution in [0.25, 0.3) is 0 Å². The van der Waals surface area contributed by atoms with Crippen LogP contribution in [0.2, 0.25) is 0 Å². The van der Waals surface area contributed by atoms with Gasteiger partial charge in [0.2, 0.25) is 0 Å². The molecule has 154 valence electrons. The number of ether oxygens (including phenoxy) is 3. The van der Waals surface area contributed by atoms with Gasteiger partial charge in [0.1, 0.15) is 11.5 Å². The van der Waals surface area contributed by atoms with Crippen molar-refractivity contribution in [2.24, 2.45) is 0 Å². The van der Waals surface area contributed by atoms with Crippen LogP contribution in [0.4, 0.5) is 0 Å². The van der Waals surface area contributed by atoms with Crippen molar-refractivity contribution in [3.05, 3.63) is 59.7 Å². The lowest BCUT2D eigenvalue weighted by molar-refractivity contribution is 0.00143. The molecule has 0 spiro atoms. The molecule has 0 aromatic heterocycles. The SMILES string of the molecule is CC[C@@H](C)N(Cc1cc(OC)cc(OC)c1)C[C@@H](O)COCc1ccccc1. The molecule has 28 heavy (non-hydrogen) atoms. The third-order valence-electron chi connectivity index (χ3n) is 4.88. The lowest BCUT2D eigenvalue weighted by Crippen LogP contribution is -2.39. The maximum absolute atomic E-state index is 10.5. The van der Waals surface area contributed by atoms with Crippen molar-refractivity contribution in [3.63, 3.8) is 0 Å². The van der Waals surface area contributed by atoms with E-state index in [0.717, 1.165) is 29.0 Å². The molecule has 0 aliphatic heterocycles. The molecule has 0 radical (unpaired) electrons. The van der Waals surface area contributed by atoms with Gasteiger partial charge < -0.3 is 19.3 Å². The highest BCUT2D eigenvalue weighted by atomic mass is 16.5. The van der Waals surface area contributed by atoms with E-state index in [2.05, 4.69) is 18.7 Å². The van der Waals surface area contributed by atoms with Crippen LogP contribution in [0.1, 0.15) is 31.4 Å². The van der Waals surface area contributed by atoms with Gasteiger partial charge in [-0.2, -0.15) is 0 Å². The van der Waals surface area contributed by atoms with E-state index in [1.54, 1.807) is 14.2 Å². The second kappa shape index (κ2) is 11.7. The predicted molar refractivity (Wildman–Crippen MR) is 112 cm³/mol. The number of hydrogen-bond acceptors (Lipinski definition) is 5. The van der Waals surface area contributed by atoms with E-state index in [1.807, 2.05) is 48.5 Å². The first-order chi connectivity index (χ1) is 13.5. The summed E-state index contributed by atoms with van der Waals surface area (Å²) in [5.41, 5.74) is 2.20. The minimum Gasteiger partial charge on any atom is -0.497 e. The lowest BCUT2D eigenvalue weighted by Gasteiger charge is -2.30. The van der Waals surface area contributed by atoms with Crippen LogP contribution < -0.4 is 9.47 Å². The van der Waals surface area contributed by atoms with E-state index >= 15 is 0 Å². The summed E-state index contributed by atoms with van der Waals surface area (Å²) < 4.78 is 16.5. The fourth-order valence-electron chi connectivity index (χ4n) is 3.06. The molecule has 0 amide bonds. The first kappa shape index (κ1) is 22.2. The zero-order valence-electron chi connectivity index (χ0n) is 17.4. The molecule has 2 aromatic rings. The normalized spacial score (nSPS) is 13.4. The highest BCUT2D eigenvalue weighted by Crippen LogP contribution is 2.24. The highest BCUT2D eigenvalue weighted by Gasteiger charge is 2.18. The van der Waals surface area contributed by atoms with E-state index in [-0.39, 0.29) is 0 Å². The Morgan fingerprint density at radius 2 is 1.61 bits per heavy atom. The second-order valence-corrected chi connectivity index (χ2v) is 7.06. The Hall–Kier alpha value is -2.08. The summed E-state index contributed by atoms with van der Waals surface area (Å²) in [6, 6.07) is 16.2. The summed E-state index contributed by atoms with van der Waals surface area (Å²) in [6.45, 7) is 6.40. The first-order valence-corrected chi connectivity index (χ1v) is 9.81. The van der Waals surface area contributed by atoms with Gasteiger partial charge in [-0.25, -0.2) is 0 Å². The number of nitrogens with zero attached hydrogens (tertiary/aromatic N) is 1. The molecule has 0 unspecified atom stereocenters. The summed E-state index contributed by atoms with van der Waals surface area (Å²) in [5, 5.41) is 10.5. The van der Waals surface area contributed by atoms with E-state index in [1.165, 1.54) is 0 Å². The minimum atomic E-state index is -0.551. The van der Waals surface area contributed by atoms with Crippen LogP contribution in [0, 0.1) is 0 Å². The number of benzene rings is 2. The molecular weight excluding hydrogens is 354 g/mol. The third kappa shape index (κ3) is 7.15. The minimum absolute atomic E-state index is 0.309. The van der Waals surface area contributed by atoms with Gasteiger partial charge in [0, 0.05) is 25.2 Å². The molecule has 5 nitrogen and oxygen atoms in total. The van der Waals surface area contributed by atoms with Crippen LogP contribution in [-0.4, -0.2) is 49.5 Å². The fraction of sp³-hybridized carbons (Fsp3) is 0.478. The summed E-state index contributed by atoms with van der Waals surface area (Å²) in [6.07, 6.45) is 0.448. The number of aliphatic hydroxyl groups is 1. The molecule has 0 bridgehead atoms. The van der Waals surface area contributed by atoms with Crippen LogP contribution in [-0.2, 0) is 17.9 Å². The van der Waals surface area contributed by atoms with Crippen molar-refractivity contribution in [1.82, 2.24) is 4.90 Å². The Morgan fingerprint density at radius 3 is 2.18 bits per heavy atom. The van der Waals surface area contributed by atoms with Crippen LogP contribution >= 0.6 is 0 Å². The van der Waals surface area contributed by atoms with Gasteiger partial charge in [-0.05, 0) is 36.6 Å². The molecule has 2 rings (SSSR count). The number of aliphatic hydroxyl groups excluding tert-OH is 1. The van der Waals surface area contributed by atoms with Crippen molar-refractivity contribution in [2.45, 2.75) is 45.6 Å². The summed E-state index contributed by atoms with van der Waals surface area (Å²) in [7, 11) is 3.30. The fourth-order valence-corrected chi connectivity index (χ4v) is 3.06. The molecule has 0 saturated heterocycles. The zero-order valence-corrected chi connectivity index (χ0v) is 17.4. The number of methoxy groups -OCH3 is 2. The predicted octanol–water partition coefficient (Wildman–Crippen LogP) is 3.88. The lowest BCUT2D eigenvalue weighted by atomic mass is 10.1. The van der Waals surface area contributed by atoms with Gasteiger partial charge in [0.15, 0.2) is 0 Å². The standard InChI is InChI=1S/C23H33NO4/c1-5-18(2)24(14-20-11-22(26-3)13-23(12-20)27-4)15-21(25)17-28-16-19-9-7-6-8-10-19/h6-13,18,21,25H,5,14-17H2,1-4H3/t18-,21-/m1/s1. The Morgan fingerprint density at radius 1 is 0.964 bits per heavy atom. The van der Waals surface area contributed by atoms with E-state index in [4.69, 9.17) is 14.2 Å². The van der Waals surface area contributed by atoms with Crippen LogP contribution in [0.3, 0.4) is 0 Å². The monoisotopic (exact) mass is 387 g/mol. The number of hydrogen-bond donors (Lipinski definition) is 1. The molecule has 0 saturated carbocycles. The van der Waals surface area contributed by atoms with Crippen molar-refractivity contribution < 1.29 is 19.3 Å². The van der Waals surface area contributed by atoms with E-state index in [9.17, 15) is 5.11 Å². The molecule has 1 N–H and O–H groups in total. The van der Waals surface area contributed by atoms with Gasteiger partial charge in [-0.15, -0.1) is 0 Å². The van der Waals surface area contributed by atoms with Gasteiger partial charge in [-0.3, -0.25) is 4.90 Å². The maximum Gasteiger partial charge on any atom is 0.122 e. The Bertz CT molecular complexity index is 670. The second-order valence-electron chi connectivity index (χ2n) is 7.06. The van der Waals surface area contributed by atoms with E-state index < -0.39 is 6.10 Å². The topological polar surface area (TPSA) is 51.2 Å². The van der Waals surface area contributed by atoms with Crippen molar-refractivity contribution in [3.8, 4) is 11.5 Å². The molecule has 5 heteroatoms. The quantitative estimate of drug-likeness (QED) is 0.599. The largest absolute Gasteiger partial charge is 0.497 e. The van der Waals surface area contributed by atoms with Gasteiger partial charge in [-0.1, -0.05) is 37.3 Å². The van der Waals surface area contributed by atoms with Crippen molar-refractivity contribution in [1.29, 1.82) is 0 Å². The van der Waals surface area contributed by atoms with Gasteiger partial charge in [0.05, 0.1) is 33.5 Å². The molecule has 0 aliphatic carbocycles. The van der Waals surface area contributed by atoms with E-state index in [0.29, 0.717) is 32.3 Å². The molecule has 0 aliphatic rings. The van der Waals surface area contributed by atoms with Crippen LogP contribution in [0.15, 0.2) is 48.5 Å². The average molecular weight is 388 g/mol. The molecule has 2 aromatic carbocycles. The van der Waals surface area contributed by atoms with Crippen molar-refractivity contribution >= 4 is 0 Å². The summed E-state index contributed by atoms with van der Waals surface area (Å²) in [4.78, 5) is 2.27. The smallest absolute Gasteiger partial charge is 0.122 e. The number of rotatable bonds is 12. The molecule has 0 heterocycles. The Balaban J connectivity index is 1.95. The Labute approximate surface area is 168 Å². The summed E-state index contributed by atoms with van der Waals surface area (Å²) >= 11 is 0. The van der Waals surface area contributed by atoms with Gasteiger partial charge in [0.25, 0.3) is 0 Å². The molecular formula is C23H33NO4. The molecule has 0 fully saturated rings. The van der Waals surface area contributed by atoms with Crippen LogP contribution in [0.5, 0.6) is 11.5 Å². The van der Waals surface area contributed by atoms with Crippen molar-refractivity contribution in [2.75, 3.05) is 27.4 Å².